The average Bonchev–Trinajstić information content (AvgIpc) is 3.22. The number of ether oxygens (including phenoxy) is 2. The van der Waals surface area contributed by atoms with Gasteiger partial charge in [-0.15, -0.1) is 10.2 Å². The van der Waals surface area contributed by atoms with E-state index in [1.807, 2.05) is 42.7 Å². The van der Waals surface area contributed by atoms with Crippen LogP contribution in [-0.4, -0.2) is 33.3 Å². The molecule has 0 bridgehead atoms. The highest BCUT2D eigenvalue weighted by Crippen LogP contribution is 2.40. The molecule has 0 aliphatic rings. The fraction of sp³-hybridized carbons (Fsp3) is 0.231. The van der Waals surface area contributed by atoms with Crippen molar-refractivity contribution in [3.63, 3.8) is 0 Å². The molecule has 11 heteroatoms. The van der Waals surface area contributed by atoms with Crippen LogP contribution in [0.1, 0.15) is 27.8 Å². The van der Waals surface area contributed by atoms with Gasteiger partial charge in [-0.2, -0.15) is 0 Å². The highest BCUT2D eigenvalue weighted by atomic mass is 35.5. The molecule has 4 rings (SSSR count). The van der Waals surface area contributed by atoms with Crippen LogP contribution in [0.2, 0.25) is 10.0 Å². The molecule has 1 aromatic heterocycles. The number of nitro groups is 1. The summed E-state index contributed by atoms with van der Waals surface area (Å²) in [6.45, 7) is 3.75. The third-order valence-electron chi connectivity index (χ3n) is 5.58. The second-order valence-electron chi connectivity index (χ2n) is 8.26. The van der Waals surface area contributed by atoms with Crippen molar-refractivity contribution in [1.82, 2.24) is 14.8 Å². The van der Waals surface area contributed by atoms with Gasteiger partial charge in [0.25, 0.3) is 0 Å². The van der Waals surface area contributed by atoms with Crippen LogP contribution in [0.15, 0.2) is 65.8 Å². The van der Waals surface area contributed by atoms with Crippen LogP contribution in [0.5, 0.6) is 11.5 Å². The molecule has 0 saturated carbocycles. The van der Waals surface area contributed by atoms with Crippen molar-refractivity contribution in [2.24, 2.45) is 0 Å². The lowest BCUT2D eigenvalue weighted by molar-refractivity contribution is -0.479. The van der Waals surface area contributed by atoms with Crippen LogP contribution in [-0.2, 0) is 6.61 Å². The third-order valence-corrected chi connectivity index (χ3v) is 7.34. The topological polar surface area (TPSA) is 92.3 Å². The van der Waals surface area contributed by atoms with Crippen LogP contribution in [0.4, 0.5) is 0 Å². The zero-order valence-electron chi connectivity index (χ0n) is 20.4. The molecule has 0 saturated heterocycles. The number of benzene rings is 3. The van der Waals surface area contributed by atoms with E-state index >= 15 is 0 Å². The van der Waals surface area contributed by atoms with Gasteiger partial charge in [0.2, 0.25) is 6.54 Å². The lowest BCUT2D eigenvalue weighted by Crippen LogP contribution is -2.11. The van der Waals surface area contributed by atoms with Crippen LogP contribution in [0.25, 0.3) is 5.69 Å². The largest absolute Gasteiger partial charge is 0.493 e. The molecule has 3 aromatic carbocycles. The van der Waals surface area contributed by atoms with Crippen LogP contribution in [0, 0.1) is 24.0 Å². The average molecular weight is 559 g/mol. The first-order chi connectivity index (χ1) is 17.7. The van der Waals surface area contributed by atoms with Gasteiger partial charge in [-0.05, 0) is 61.4 Å². The minimum absolute atomic E-state index is 0.206. The quantitative estimate of drug-likeness (QED) is 0.119. The van der Waals surface area contributed by atoms with Crippen LogP contribution >= 0.6 is 35.0 Å². The number of thioether (sulfide) groups is 1. The molecule has 0 radical (unpaired) electrons. The smallest absolute Gasteiger partial charge is 0.220 e. The molecule has 4 aromatic rings. The summed E-state index contributed by atoms with van der Waals surface area (Å²) in [6, 6.07) is 18.4. The maximum absolute atomic E-state index is 11.6. The minimum Gasteiger partial charge on any atom is -0.493 e. The highest BCUT2D eigenvalue weighted by Gasteiger charge is 2.25. The number of hydrogen-bond donors (Lipinski definition) is 0. The molecule has 1 atom stereocenters. The Balaban J connectivity index is 1.61. The van der Waals surface area contributed by atoms with E-state index in [-0.39, 0.29) is 18.1 Å². The monoisotopic (exact) mass is 558 g/mol. The van der Waals surface area contributed by atoms with E-state index in [9.17, 15) is 10.1 Å². The van der Waals surface area contributed by atoms with Crippen LogP contribution < -0.4 is 9.47 Å². The van der Waals surface area contributed by atoms with E-state index in [1.165, 1.54) is 18.9 Å². The Morgan fingerprint density at radius 2 is 1.86 bits per heavy atom. The standard InChI is InChI=1S/C26H24Cl2N4O4S/c1-16-5-4-6-21(11-16)32-17(2)29-30-26(32)37-25(14-31(33)34)18-8-10-23(24(12-18)35-3)36-15-19-7-9-20(27)13-22(19)28/h4-13,25H,14-15H2,1-3H3/t25-/m1/s1. The first-order valence-electron chi connectivity index (χ1n) is 11.3. The Labute approximate surface area is 228 Å². The highest BCUT2D eigenvalue weighted by molar-refractivity contribution is 7.99. The summed E-state index contributed by atoms with van der Waals surface area (Å²) in [4.78, 5) is 11.3. The van der Waals surface area contributed by atoms with Crippen molar-refractivity contribution >= 4 is 35.0 Å². The van der Waals surface area contributed by atoms with Crippen molar-refractivity contribution < 1.29 is 14.4 Å². The number of hydrogen-bond acceptors (Lipinski definition) is 7. The van der Waals surface area contributed by atoms with Gasteiger partial charge in [0.05, 0.1) is 7.11 Å². The van der Waals surface area contributed by atoms with E-state index in [0.29, 0.717) is 38.1 Å². The summed E-state index contributed by atoms with van der Waals surface area (Å²) in [5.74, 6) is 1.63. The molecule has 1 heterocycles. The molecule has 0 fully saturated rings. The van der Waals surface area contributed by atoms with Gasteiger partial charge in [0.15, 0.2) is 16.7 Å². The fourth-order valence-electron chi connectivity index (χ4n) is 3.75. The Kier molecular flexibility index (Phi) is 8.58. The first-order valence-corrected chi connectivity index (χ1v) is 12.9. The van der Waals surface area contributed by atoms with Gasteiger partial charge >= 0.3 is 0 Å². The maximum Gasteiger partial charge on any atom is 0.220 e. The summed E-state index contributed by atoms with van der Waals surface area (Å²) in [7, 11) is 1.52. The summed E-state index contributed by atoms with van der Waals surface area (Å²) in [5.41, 5.74) is 3.45. The van der Waals surface area contributed by atoms with Gasteiger partial charge in [-0.1, -0.05) is 59.2 Å². The summed E-state index contributed by atoms with van der Waals surface area (Å²) < 4.78 is 13.4. The molecule has 37 heavy (non-hydrogen) atoms. The van der Waals surface area contributed by atoms with Gasteiger partial charge in [-0.25, -0.2) is 0 Å². The maximum atomic E-state index is 11.6. The summed E-state index contributed by atoms with van der Waals surface area (Å²) in [6.07, 6.45) is 0. The molecule has 0 spiro atoms. The Morgan fingerprint density at radius 1 is 1.05 bits per heavy atom. The second kappa shape index (κ2) is 11.9. The third kappa shape index (κ3) is 6.54. The molecule has 0 N–H and O–H groups in total. The first kappa shape index (κ1) is 26.8. The minimum atomic E-state index is -0.546. The number of rotatable bonds is 10. The molecule has 0 aliphatic carbocycles. The summed E-state index contributed by atoms with van der Waals surface area (Å²) >= 11 is 13.5. The lowest BCUT2D eigenvalue weighted by atomic mass is 10.1. The van der Waals surface area contributed by atoms with Crippen molar-refractivity contribution in [2.45, 2.75) is 30.9 Å². The number of nitrogens with zero attached hydrogens (tertiary/aromatic N) is 4. The van der Waals surface area contributed by atoms with Gasteiger partial charge < -0.3 is 9.47 Å². The molecule has 192 valence electrons. The van der Waals surface area contributed by atoms with E-state index < -0.39 is 5.25 Å². The number of methoxy groups -OCH3 is 1. The molecule has 8 nitrogen and oxygen atoms in total. The molecular formula is C26H24Cl2N4O4S. The number of aryl methyl sites for hydroxylation is 2. The zero-order valence-corrected chi connectivity index (χ0v) is 22.7. The lowest BCUT2D eigenvalue weighted by Gasteiger charge is -2.17. The second-order valence-corrected chi connectivity index (χ2v) is 10.3. The predicted molar refractivity (Wildman–Crippen MR) is 145 cm³/mol. The van der Waals surface area contributed by atoms with Crippen molar-refractivity contribution in [2.75, 3.05) is 13.7 Å². The van der Waals surface area contributed by atoms with Crippen molar-refractivity contribution in [3.05, 3.63) is 103 Å². The Morgan fingerprint density at radius 3 is 2.57 bits per heavy atom. The molecule has 0 unspecified atom stereocenters. The van der Waals surface area contributed by atoms with Crippen LogP contribution in [0.3, 0.4) is 0 Å². The Bertz CT molecular complexity index is 1430. The summed E-state index contributed by atoms with van der Waals surface area (Å²) in [5, 5.41) is 21.2. The zero-order chi connectivity index (χ0) is 26.5. The SMILES string of the molecule is COc1cc([C@@H](C[N+](=O)[O-])Sc2nnc(C)n2-c2cccc(C)c2)ccc1OCc1ccc(Cl)cc1Cl. The van der Waals surface area contributed by atoms with Crippen molar-refractivity contribution in [3.8, 4) is 17.2 Å². The predicted octanol–water partition coefficient (Wildman–Crippen LogP) is 6.89. The molecular weight excluding hydrogens is 535 g/mol. The number of aromatic nitrogens is 3. The van der Waals surface area contributed by atoms with E-state index in [2.05, 4.69) is 10.2 Å². The fourth-order valence-corrected chi connectivity index (χ4v) is 5.38. The van der Waals surface area contributed by atoms with Gasteiger partial charge in [0.1, 0.15) is 17.7 Å². The van der Waals surface area contributed by atoms with Gasteiger partial charge in [-0.3, -0.25) is 14.7 Å². The molecule has 0 aliphatic heterocycles. The van der Waals surface area contributed by atoms with Crippen molar-refractivity contribution in [1.29, 1.82) is 0 Å². The normalized spacial score (nSPS) is 11.8. The van der Waals surface area contributed by atoms with E-state index in [4.69, 9.17) is 32.7 Å². The number of halogens is 2. The Hall–Kier alpha value is -3.27. The van der Waals surface area contributed by atoms with E-state index in [0.717, 1.165) is 16.8 Å². The van der Waals surface area contributed by atoms with E-state index in [1.54, 1.807) is 36.4 Å². The molecule has 0 amide bonds. The van der Waals surface area contributed by atoms with Gasteiger partial charge in [0, 0.05) is 26.2 Å².